The molecule has 0 saturated carbocycles. The number of nitrogens with zero attached hydrogens (tertiary/aromatic N) is 1. The number of anilines is 1. The first-order valence-corrected chi connectivity index (χ1v) is 7.52. The average molecular weight is 275 g/mol. The molecule has 1 aromatic rings. The fourth-order valence-electron chi connectivity index (χ4n) is 2.71. The van der Waals surface area contributed by atoms with Crippen molar-refractivity contribution in [1.82, 2.24) is 4.90 Å². The molecule has 1 fully saturated rings. The normalized spacial score (nSPS) is 19.2. The van der Waals surface area contributed by atoms with Crippen LogP contribution >= 0.6 is 0 Å². The van der Waals surface area contributed by atoms with E-state index < -0.39 is 0 Å². The topological polar surface area (TPSA) is 58.4 Å². The summed E-state index contributed by atoms with van der Waals surface area (Å²) in [4.78, 5) is 14.3. The molecular formula is C16H25N3O. The van der Waals surface area contributed by atoms with E-state index >= 15 is 0 Å². The van der Waals surface area contributed by atoms with Gasteiger partial charge in [0.05, 0.1) is 0 Å². The minimum atomic E-state index is 0.0825. The number of nitrogens with two attached hydrogens (primary N) is 1. The number of hydrogen-bond acceptors (Lipinski definition) is 3. The lowest BCUT2D eigenvalue weighted by molar-refractivity contribution is -0.116. The molecule has 3 N–H and O–H groups in total. The molecule has 20 heavy (non-hydrogen) atoms. The summed E-state index contributed by atoms with van der Waals surface area (Å²) in [6.45, 7) is 5.88. The zero-order chi connectivity index (χ0) is 14.4. The molecule has 4 heteroatoms. The number of likely N-dealkylation sites (tertiary alicyclic amines) is 1. The van der Waals surface area contributed by atoms with E-state index in [1.54, 1.807) is 0 Å². The smallest absolute Gasteiger partial charge is 0.225 e. The molecule has 1 saturated heterocycles. The Bertz CT molecular complexity index is 447. The highest BCUT2D eigenvalue weighted by molar-refractivity contribution is 5.90. The molecule has 0 spiro atoms. The molecule has 1 atom stereocenters. The van der Waals surface area contributed by atoms with Crippen LogP contribution in [0.1, 0.15) is 31.7 Å². The second-order valence-corrected chi connectivity index (χ2v) is 5.57. The third-order valence-electron chi connectivity index (χ3n) is 4.05. The van der Waals surface area contributed by atoms with Crippen molar-refractivity contribution in [3.8, 4) is 0 Å². The lowest BCUT2D eigenvalue weighted by atomic mass is 10.1. The van der Waals surface area contributed by atoms with Crippen molar-refractivity contribution < 1.29 is 4.79 Å². The Morgan fingerprint density at radius 2 is 2.35 bits per heavy atom. The predicted octanol–water partition coefficient (Wildman–Crippen LogP) is 2.21. The highest BCUT2D eigenvalue weighted by Crippen LogP contribution is 2.19. The van der Waals surface area contributed by atoms with Crippen LogP contribution in [0.5, 0.6) is 0 Å². The molecule has 1 aliphatic heterocycles. The van der Waals surface area contributed by atoms with Crippen molar-refractivity contribution in [2.24, 2.45) is 11.7 Å². The van der Waals surface area contributed by atoms with E-state index in [0.29, 0.717) is 13.0 Å². The maximum absolute atomic E-state index is 12.0. The molecule has 2 rings (SSSR count). The first-order chi connectivity index (χ1) is 9.71. The zero-order valence-electron chi connectivity index (χ0n) is 12.3. The summed E-state index contributed by atoms with van der Waals surface area (Å²) >= 11 is 0. The van der Waals surface area contributed by atoms with E-state index in [9.17, 15) is 4.79 Å². The van der Waals surface area contributed by atoms with Gasteiger partial charge in [-0.1, -0.05) is 25.5 Å². The van der Waals surface area contributed by atoms with Crippen LogP contribution in [-0.2, 0) is 11.3 Å². The van der Waals surface area contributed by atoms with Crippen molar-refractivity contribution in [3.63, 3.8) is 0 Å². The molecule has 0 bridgehead atoms. The standard InChI is InChI=1S/C16H25N3O/c1-2-13-6-8-19(12-13)9-7-16(20)18-15-5-3-4-14(10-15)11-17/h3-5,10,13H,2,6-9,11-12,17H2,1H3,(H,18,20). The Kier molecular flexibility index (Phi) is 5.56. The third kappa shape index (κ3) is 4.32. The van der Waals surface area contributed by atoms with Crippen molar-refractivity contribution >= 4 is 11.6 Å². The molecule has 110 valence electrons. The van der Waals surface area contributed by atoms with Gasteiger partial charge in [0.1, 0.15) is 0 Å². The fraction of sp³-hybridized carbons (Fsp3) is 0.562. The molecule has 1 amide bonds. The maximum Gasteiger partial charge on any atom is 0.225 e. The number of carbonyl (C=O) groups is 1. The van der Waals surface area contributed by atoms with Crippen molar-refractivity contribution in [2.75, 3.05) is 25.0 Å². The summed E-state index contributed by atoms with van der Waals surface area (Å²) < 4.78 is 0. The van der Waals surface area contributed by atoms with E-state index in [-0.39, 0.29) is 5.91 Å². The van der Waals surface area contributed by atoms with E-state index in [4.69, 9.17) is 5.73 Å². The fourth-order valence-corrected chi connectivity index (χ4v) is 2.71. The molecule has 1 heterocycles. The predicted molar refractivity (Wildman–Crippen MR) is 82.4 cm³/mol. The Morgan fingerprint density at radius 3 is 3.05 bits per heavy atom. The Morgan fingerprint density at radius 1 is 1.50 bits per heavy atom. The van der Waals surface area contributed by atoms with E-state index in [2.05, 4.69) is 17.1 Å². The van der Waals surface area contributed by atoms with Crippen LogP contribution in [0.25, 0.3) is 0 Å². The van der Waals surface area contributed by atoms with E-state index in [1.807, 2.05) is 24.3 Å². The second kappa shape index (κ2) is 7.41. The van der Waals surface area contributed by atoms with Crippen molar-refractivity contribution in [3.05, 3.63) is 29.8 Å². The Hall–Kier alpha value is -1.39. The monoisotopic (exact) mass is 275 g/mol. The molecule has 1 aromatic carbocycles. The third-order valence-corrected chi connectivity index (χ3v) is 4.05. The van der Waals surface area contributed by atoms with Gasteiger partial charge in [-0.2, -0.15) is 0 Å². The van der Waals surface area contributed by atoms with Crippen LogP contribution in [-0.4, -0.2) is 30.4 Å². The SMILES string of the molecule is CCC1CCN(CCC(=O)Nc2cccc(CN)c2)C1. The van der Waals surface area contributed by atoms with Crippen LogP contribution < -0.4 is 11.1 Å². The number of benzene rings is 1. The van der Waals surface area contributed by atoms with Gasteiger partial charge in [0.2, 0.25) is 5.91 Å². The molecule has 0 aliphatic carbocycles. The summed E-state index contributed by atoms with van der Waals surface area (Å²) in [7, 11) is 0. The molecular weight excluding hydrogens is 250 g/mol. The summed E-state index contributed by atoms with van der Waals surface area (Å²) in [5.74, 6) is 0.901. The van der Waals surface area contributed by atoms with Gasteiger partial charge in [-0.25, -0.2) is 0 Å². The lowest BCUT2D eigenvalue weighted by Crippen LogP contribution is -2.26. The number of rotatable bonds is 6. The van der Waals surface area contributed by atoms with Crippen molar-refractivity contribution in [1.29, 1.82) is 0 Å². The van der Waals surface area contributed by atoms with Crippen LogP contribution in [0.2, 0.25) is 0 Å². The summed E-state index contributed by atoms with van der Waals surface area (Å²) in [6.07, 6.45) is 3.08. The Labute approximate surface area is 121 Å². The Balaban J connectivity index is 1.75. The lowest BCUT2D eigenvalue weighted by Gasteiger charge is -2.15. The van der Waals surface area contributed by atoms with Crippen LogP contribution in [0, 0.1) is 5.92 Å². The number of carbonyl (C=O) groups excluding carboxylic acids is 1. The van der Waals surface area contributed by atoms with Gasteiger partial charge >= 0.3 is 0 Å². The van der Waals surface area contributed by atoms with Gasteiger partial charge in [0, 0.05) is 31.7 Å². The minimum absolute atomic E-state index is 0.0825. The largest absolute Gasteiger partial charge is 0.326 e. The highest BCUT2D eigenvalue weighted by atomic mass is 16.1. The quantitative estimate of drug-likeness (QED) is 0.837. The molecule has 1 aliphatic rings. The first kappa shape index (κ1) is 15.0. The molecule has 0 radical (unpaired) electrons. The summed E-state index contributed by atoms with van der Waals surface area (Å²) in [5.41, 5.74) is 7.47. The molecule has 1 unspecified atom stereocenters. The van der Waals surface area contributed by atoms with Crippen molar-refractivity contribution in [2.45, 2.75) is 32.7 Å². The highest BCUT2D eigenvalue weighted by Gasteiger charge is 2.20. The van der Waals surface area contributed by atoms with Gasteiger partial charge in [0.15, 0.2) is 0 Å². The van der Waals surface area contributed by atoms with E-state index in [0.717, 1.165) is 36.8 Å². The van der Waals surface area contributed by atoms with Gasteiger partial charge in [-0.3, -0.25) is 4.79 Å². The number of amides is 1. The van der Waals surface area contributed by atoms with E-state index in [1.165, 1.54) is 12.8 Å². The number of hydrogen-bond donors (Lipinski definition) is 2. The summed E-state index contributed by atoms with van der Waals surface area (Å²) in [6, 6.07) is 7.72. The minimum Gasteiger partial charge on any atom is -0.326 e. The van der Waals surface area contributed by atoms with Crippen LogP contribution in [0.15, 0.2) is 24.3 Å². The zero-order valence-corrected chi connectivity index (χ0v) is 12.3. The first-order valence-electron chi connectivity index (χ1n) is 7.52. The number of nitrogens with one attached hydrogen (secondary N) is 1. The van der Waals surface area contributed by atoms with Gasteiger partial charge < -0.3 is 16.0 Å². The molecule has 4 nitrogen and oxygen atoms in total. The second-order valence-electron chi connectivity index (χ2n) is 5.57. The van der Waals surface area contributed by atoms with Crippen LogP contribution in [0.3, 0.4) is 0 Å². The van der Waals surface area contributed by atoms with Crippen LogP contribution in [0.4, 0.5) is 5.69 Å². The maximum atomic E-state index is 12.0. The van der Waals surface area contributed by atoms with Gasteiger partial charge in [0.25, 0.3) is 0 Å². The summed E-state index contributed by atoms with van der Waals surface area (Å²) in [5, 5.41) is 2.94. The average Bonchev–Trinajstić information content (AvgIpc) is 2.93. The molecule has 0 aromatic heterocycles. The van der Waals surface area contributed by atoms with Gasteiger partial charge in [-0.05, 0) is 36.6 Å². The van der Waals surface area contributed by atoms with Gasteiger partial charge in [-0.15, -0.1) is 0 Å².